The highest BCUT2D eigenvalue weighted by Gasteiger charge is 2.39. The summed E-state index contributed by atoms with van der Waals surface area (Å²) in [6, 6.07) is 0.771. The molecule has 2 unspecified atom stereocenters. The molecule has 0 saturated carbocycles. The van der Waals surface area contributed by atoms with Crippen LogP contribution in [0.15, 0.2) is 0 Å². The number of carbonyl (C=O) groups excluding carboxylic acids is 1. The fraction of sp³-hybridized carbons (Fsp3) is 0.889. The van der Waals surface area contributed by atoms with Crippen molar-refractivity contribution in [2.24, 2.45) is 0 Å². The average molecular weight is 169 g/mol. The molecule has 68 valence electrons. The second-order valence-electron chi connectivity index (χ2n) is 3.58. The summed E-state index contributed by atoms with van der Waals surface area (Å²) < 4.78 is 5.39. The lowest BCUT2D eigenvalue weighted by Crippen LogP contribution is -2.48. The first-order chi connectivity index (χ1) is 5.83. The van der Waals surface area contributed by atoms with Crippen LogP contribution in [0.2, 0.25) is 0 Å². The zero-order chi connectivity index (χ0) is 8.55. The van der Waals surface area contributed by atoms with Gasteiger partial charge in [-0.2, -0.15) is 0 Å². The van der Waals surface area contributed by atoms with Crippen molar-refractivity contribution in [2.45, 2.75) is 38.3 Å². The third-order valence-electron chi connectivity index (χ3n) is 2.83. The van der Waals surface area contributed by atoms with Gasteiger partial charge in [-0.3, -0.25) is 4.79 Å². The van der Waals surface area contributed by atoms with Gasteiger partial charge in [0, 0.05) is 6.42 Å². The van der Waals surface area contributed by atoms with Crippen LogP contribution in [0.4, 0.5) is 0 Å². The van der Waals surface area contributed by atoms with Crippen molar-refractivity contribution in [3.63, 3.8) is 0 Å². The first-order valence-corrected chi connectivity index (χ1v) is 4.72. The Morgan fingerprint density at radius 2 is 2.00 bits per heavy atom. The van der Waals surface area contributed by atoms with Crippen molar-refractivity contribution in [1.29, 1.82) is 0 Å². The van der Waals surface area contributed by atoms with E-state index < -0.39 is 0 Å². The molecule has 3 nitrogen and oxygen atoms in total. The Balaban J connectivity index is 2.10. The maximum Gasteiger partial charge on any atom is 0.222 e. The molecule has 0 aromatic heterocycles. The molecule has 2 rings (SSSR count). The van der Waals surface area contributed by atoms with Gasteiger partial charge in [0.1, 0.15) is 0 Å². The van der Waals surface area contributed by atoms with Crippen molar-refractivity contribution in [1.82, 2.24) is 4.90 Å². The number of amides is 1. The zero-order valence-corrected chi connectivity index (χ0v) is 7.45. The highest BCUT2D eigenvalue weighted by molar-refractivity contribution is 5.77. The standard InChI is InChI=1S/C9H15NO2/c1-2-9(11)10-7-3-4-8(10)6-12-5-7/h7-8H,2-6H2,1H3. The van der Waals surface area contributed by atoms with Gasteiger partial charge in [-0.25, -0.2) is 0 Å². The molecule has 2 fully saturated rings. The summed E-state index contributed by atoms with van der Waals surface area (Å²) in [5, 5.41) is 0. The highest BCUT2D eigenvalue weighted by Crippen LogP contribution is 2.28. The quantitative estimate of drug-likeness (QED) is 0.580. The Labute approximate surface area is 72.7 Å². The third kappa shape index (κ3) is 1.12. The Hall–Kier alpha value is -0.570. The molecule has 0 aromatic rings. The van der Waals surface area contributed by atoms with Crippen LogP contribution < -0.4 is 0 Å². The Morgan fingerprint density at radius 3 is 2.50 bits per heavy atom. The zero-order valence-electron chi connectivity index (χ0n) is 7.45. The molecule has 0 N–H and O–H groups in total. The van der Waals surface area contributed by atoms with E-state index in [9.17, 15) is 4.79 Å². The first kappa shape index (κ1) is 8.05. The number of hydrogen-bond donors (Lipinski definition) is 0. The lowest BCUT2D eigenvalue weighted by Gasteiger charge is -2.34. The maximum atomic E-state index is 11.5. The summed E-state index contributed by atoms with van der Waals surface area (Å²) in [4.78, 5) is 13.5. The minimum atomic E-state index is 0.297. The molecule has 2 bridgehead atoms. The second-order valence-corrected chi connectivity index (χ2v) is 3.58. The molecule has 0 aliphatic carbocycles. The van der Waals surface area contributed by atoms with E-state index in [-0.39, 0.29) is 0 Å². The summed E-state index contributed by atoms with van der Waals surface area (Å²) in [6.45, 7) is 3.43. The summed E-state index contributed by atoms with van der Waals surface area (Å²) in [5.41, 5.74) is 0. The van der Waals surface area contributed by atoms with E-state index in [2.05, 4.69) is 0 Å². The van der Waals surface area contributed by atoms with E-state index >= 15 is 0 Å². The predicted molar refractivity (Wildman–Crippen MR) is 44.8 cm³/mol. The molecular formula is C9H15NO2. The largest absolute Gasteiger partial charge is 0.377 e. The van der Waals surface area contributed by atoms with Gasteiger partial charge in [0.15, 0.2) is 0 Å². The Kier molecular flexibility index (Phi) is 2.05. The van der Waals surface area contributed by atoms with Crippen LogP contribution in [0, 0.1) is 0 Å². The van der Waals surface area contributed by atoms with Crippen LogP contribution >= 0.6 is 0 Å². The maximum absolute atomic E-state index is 11.5. The number of carbonyl (C=O) groups is 1. The highest BCUT2D eigenvalue weighted by atomic mass is 16.5. The van der Waals surface area contributed by atoms with Gasteiger partial charge in [0.05, 0.1) is 25.3 Å². The van der Waals surface area contributed by atoms with Crippen LogP contribution in [0.3, 0.4) is 0 Å². The van der Waals surface area contributed by atoms with E-state index in [0.29, 0.717) is 24.4 Å². The van der Waals surface area contributed by atoms with Gasteiger partial charge >= 0.3 is 0 Å². The van der Waals surface area contributed by atoms with Crippen molar-refractivity contribution in [3.05, 3.63) is 0 Å². The van der Waals surface area contributed by atoms with Crippen LogP contribution in [-0.2, 0) is 9.53 Å². The molecule has 2 aliphatic rings. The van der Waals surface area contributed by atoms with Gasteiger partial charge in [-0.15, -0.1) is 0 Å². The lowest BCUT2D eigenvalue weighted by atomic mass is 10.2. The van der Waals surface area contributed by atoms with E-state index in [1.165, 1.54) is 0 Å². The van der Waals surface area contributed by atoms with Crippen LogP contribution in [-0.4, -0.2) is 36.1 Å². The van der Waals surface area contributed by atoms with Gasteiger partial charge in [0.25, 0.3) is 0 Å². The van der Waals surface area contributed by atoms with Crippen molar-refractivity contribution >= 4 is 5.91 Å². The Morgan fingerprint density at radius 1 is 1.42 bits per heavy atom. The lowest BCUT2D eigenvalue weighted by molar-refractivity contribution is -0.140. The fourth-order valence-electron chi connectivity index (χ4n) is 2.22. The van der Waals surface area contributed by atoms with Crippen LogP contribution in [0.1, 0.15) is 26.2 Å². The van der Waals surface area contributed by atoms with Crippen LogP contribution in [0.25, 0.3) is 0 Å². The first-order valence-electron chi connectivity index (χ1n) is 4.72. The van der Waals surface area contributed by atoms with Crippen LogP contribution in [0.5, 0.6) is 0 Å². The number of hydrogen-bond acceptors (Lipinski definition) is 2. The van der Waals surface area contributed by atoms with Gasteiger partial charge in [-0.05, 0) is 12.8 Å². The third-order valence-corrected chi connectivity index (χ3v) is 2.83. The Bertz CT molecular complexity index is 177. The van der Waals surface area contributed by atoms with E-state index in [0.717, 1.165) is 26.1 Å². The number of morpholine rings is 1. The summed E-state index contributed by atoms with van der Waals surface area (Å²) in [7, 11) is 0. The van der Waals surface area contributed by atoms with Gasteiger partial charge in [0.2, 0.25) is 5.91 Å². The minimum Gasteiger partial charge on any atom is -0.377 e. The summed E-state index contributed by atoms with van der Waals surface area (Å²) in [5.74, 6) is 0.297. The van der Waals surface area contributed by atoms with Crippen molar-refractivity contribution < 1.29 is 9.53 Å². The SMILES string of the molecule is CCC(=O)N1C2CCC1COC2. The summed E-state index contributed by atoms with van der Waals surface area (Å²) >= 11 is 0. The normalized spacial score (nSPS) is 33.9. The van der Waals surface area contributed by atoms with Gasteiger partial charge < -0.3 is 9.64 Å². The molecule has 3 heteroatoms. The van der Waals surface area contributed by atoms with Crippen molar-refractivity contribution in [3.8, 4) is 0 Å². The minimum absolute atomic E-state index is 0.297. The fourth-order valence-corrected chi connectivity index (χ4v) is 2.22. The molecule has 2 atom stereocenters. The molecule has 0 radical (unpaired) electrons. The number of fused-ring (bicyclic) bond motifs is 2. The molecule has 2 saturated heterocycles. The molecular weight excluding hydrogens is 154 g/mol. The number of ether oxygens (including phenoxy) is 1. The molecule has 1 amide bonds. The molecule has 12 heavy (non-hydrogen) atoms. The topological polar surface area (TPSA) is 29.5 Å². The second kappa shape index (κ2) is 3.05. The molecule has 0 spiro atoms. The van der Waals surface area contributed by atoms with Gasteiger partial charge in [-0.1, -0.05) is 6.92 Å². The number of nitrogens with zero attached hydrogens (tertiary/aromatic N) is 1. The van der Waals surface area contributed by atoms with E-state index in [1.807, 2.05) is 11.8 Å². The molecule has 2 aliphatic heterocycles. The number of rotatable bonds is 1. The molecule has 0 aromatic carbocycles. The van der Waals surface area contributed by atoms with Crippen molar-refractivity contribution in [2.75, 3.05) is 13.2 Å². The monoisotopic (exact) mass is 169 g/mol. The molecule has 2 heterocycles. The predicted octanol–water partition coefficient (Wildman–Crippen LogP) is 0.786. The van der Waals surface area contributed by atoms with E-state index in [1.54, 1.807) is 0 Å². The summed E-state index contributed by atoms with van der Waals surface area (Å²) in [6.07, 6.45) is 2.90. The van der Waals surface area contributed by atoms with E-state index in [4.69, 9.17) is 4.74 Å². The smallest absolute Gasteiger partial charge is 0.222 e. The average Bonchev–Trinajstić information content (AvgIpc) is 2.35.